The van der Waals surface area contributed by atoms with Gasteiger partial charge in [-0.3, -0.25) is 9.59 Å². The highest BCUT2D eigenvalue weighted by Gasteiger charge is 2.46. The fourth-order valence-electron chi connectivity index (χ4n) is 4.55. The summed E-state index contributed by atoms with van der Waals surface area (Å²) in [6, 6.07) is 12.8. The van der Waals surface area contributed by atoms with Gasteiger partial charge in [0.1, 0.15) is 17.6 Å². The van der Waals surface area contributed by atoms with Crippen LogP contribution in [0.1, 0.15) is 55.0 Å². The Balaban J connectivity index is 1.80. The lowest BCUT2D eigenvalue weighted by Crippen LogP contribution is -2.35. The first kappa shape index (κ1) is 23.1. The number of aliphatic hydroxyl groups is 1. The van der Waals surface area contributed by atoms with Crippen molar-refractivity contribution in [2.24, 2.45) is 0 Å². The van der Waals surface area contributed by atoms with E-state index in [2.05, 4.69) is 13.8 Å². The Morgan fingerprint density at radius 3 is 2.48 bits per heavy atom. The van der Waals surface area contributed by atoms with Gasteiger partial charge in [-0.2, -0.15) is 0 Å². The maximum Gasteiger partial charge on any atom is 0.295 e. The maximum atomic E-state index is 13.2. The second-order valence-electron chi connectivity index (χ2n) is 9.57. The van der Waals surface area contributed by atoms with Crippen LogP contribution in [-0.2, 0) is 16.0 Å². The molecule has 1 saturated heterocycles. The number of carbonyl (C=O) groups is 2. The maximum absolute atomic E-state index is 13.2. The Morgan fingerprint density at radius 2 is 1.85 bits per heavy atom. The lowest BCUT2D eigenvalue weighted by atomic mass is 9.92. The Labute approximate surface area is 195 Å². The molecule has 1 N–H and O–H groups in total. The van der Waals surface area contributed by atoms with Crippen LogP contribution >= 0.6 is 0 Å². The molecular weight excluding hydrogens is 416 g/mol. The van der Waals surface area contributed by atoms with Gasteiger partial charge < -0.3 is 19.6 Å². The van der Waals surface area contributed by atoms with E-state index in [1.165, 1.54) is 5.56 Å². The zero-order valence-electron chi connectivity index (χ0n) is 20.0. The van der Waals surface area contributed by atoms with Gasteiger partial charge in [-0.25, -0.2) is 0 Å². The molecule has 2 unspecified atom stereocenters. The summed E-state index contributed by atoms with van der Waals surface area (Å²) in [5.74, 6) is -0.189. The molecule has 2 aromatic carbocycles. The van der Waals surface area contributed by atoms with Crippen molar-refractivity contribution in [3.8, 4) is 5.75 Å². The Hall–Kier alpha value is -3.12. The zero-order chi connectivity index (χ0) is 23.9. The monoisotopic (exact) mass is 448 g/mol. The summed E-state index contributed by atoms with van der Waals surface area (Å²) in [4.78, 5) is 29.8. The second kappa shape index (κ2) is 9.02. The molecule has 2 aliphatic rings. The third-order valence-corrected chi connectivity index (χ3v) is 6.42. The highest BCUT2D eigenvalue weighted by molar-refractivity contribution is 6.46. The summed E-state index contributed by atoms with van der Waals surface area (Å²) in [5.41, 5.74) is 3.66. The fraction of sp³-hybridized carbons (Fsp3) is 0.407. The van der Waals surface area contributed by atoms with Gasteiger partial charge in [0.15, 0.2) is 0 Å². The predicted octanol–water partition coefficient (Wildman–Crippen LogP) is 4.12. The van der Waals surface area contributed by atoms with Crippen molar-refractivity contribution >= 4 is 17.4 Å². The first-order valence-electron chi connectivity index (χ1n) is 11.5. The summed E-state index contributed by atoms with van der Waals surface area (Å²) in [5, 5.41) is 11.3. The average molecular weight is 449 g/mol. The number of ketones is 1. The average Bonchev–Trinajstić information content (AvgIpc) is 3.27. The van der Waals surface area contributed by atoms with Gasteiger partial charge in [0.2, 0.25) is 0 Å². The number of hydrogen-bond donors (Lipinski definition) is 1. The molecule has 0 radical (unpaired) electrons. The third-order valence-electron chi connectivity index (χ3n) is 6.42. The molecule has 6 nitrogen and oxygen atoms in total. The van der Waals surface area contributed by atoms with Crippen LogP contribution in [0.15, 0.2) is 48.0 Å². The first-order chi connectivity index (χ1) is 15.7. The number of likely N-dealkylation sites (N-methyl/N-ethyl adjacent to an activating group) is 1. The van der Waals surface area contributed by atoms with E-state index < -0.39 is 17.7 Å². The zero-order valence-corrected chi connectivity index (χ0v) is 20.0. The van der Waals surface area contributed by atoms with Gasteiger partial charge >= 0.3 is 0 Å². The van der Waals surface area contributed by atoms with Gasteiger partial charge in [-0.15, -0.1) is 0 Å². The molecule has 6 heteroatoms. The van der Waals surface area contributed by atoms with Crippen molar-refractivity contribution in [2.75, 3.05) is 27.2 Å². The van der Waals surface area contributed by atoms with Crippen molar-refractivity contribution in [1.29, 1.82) is 0 Å². The number of aliphatic hydroxyl groups excluding tert-OH is 1. The van der Waals surface area contributed by atoms with Crippen LogP contribution in [0.4, 0.5) is 0 Å². The predicted molar refractivity (Wildman–Crippen MR) is 128 cm³/mol. The highest BCUT2D eigenvalue weighted by atomic mass is 16.5. The molecular formula is C27H32N2O4. The number of nitrogens with zero attached hydrogens (tertiary/aromatic N) is 2. The van der Waals surface area contributed by atoms with E-state index in [4.69, 9.17) is 4.74 Å². The molecule has 2 atom stereocenters. The van der Waals surface area contributed by atoms with Crippen molar-refractivity contribution in [1.82, 2.24) is 9.80 Å². The fourth-order valence-corrected chi connectivity index (χ4v) is 4.55. The number of carbonyl (C=O) groups excluding carboxylic acids is 2. The lowest BCUT2D eigenvalue weighted by Gasteiger charge is -2.27. The van der Waals surface area contributed by atoms with Crippen molar-refractivity contribution in [3.05, 3.63) is 70.3 Å². The van der Waals surface area contributed by atoms with Gasteiger partial charge in [0, 0.05) is 25.1 Å². The lowest BCUT2D eigenvalue weighted by molar-refractivity contribution is -0.140. The normalized spacial score (nSPS) is 21.7. The Kier molecular flexibility index (Phi) is 6.30. The molecule has 2 aliphatic heterocycles. The quantitative estimate of drug-likeness (QED) is 0.409. The molecule has 0 saturated carbocycles. The minimum Gasteiger partial charge on any atom is -0.507 e. The third kappa shape index (κ3) is 4.40. The number of amides is 1. The van der Waals surface area contributed by atoms with Crippen molar-refractivity contribution < 1.29 is 19.4 Å². The van der Waals surface area contributed by atoms with Crippen LogP contribution in [0, 0.1) is 0 Å². The number of ether oxygens (including phenoxy) is 1. The molecule has 0 aliphatic carbocycles. The first-order valence-corrected chi connectivity index (χ1v) is 11.5. The van der Waals surface area contributed by atoms with Crippen LogP contribution in [0.2, 0.25) is 0 Å². The second-order valence-corrected chi connectivity index (χ2v) is 9.57. The van der Waals surface area contributed by atoms with Gasteiger partial charge in [0.25, 0.3) is 11.7 Å². The van der Waals surface area contributed by atoms with Crippen LogP contribution in [0.3, 0.4) is 0 Å². The van der Waals surface area contributed by atoms with Crippen molar-refractivity contribution in [2.45, 2.75) is 45.3 Å². The molecule has 0 aromatic heterocycles. The van der Waals surface area contributed by atoms with Gasteiger partial charge in [-0.1, -0.05) is 38.1 Å². The summed E-state index contributed by atoms with van der Waals surface area (Å²) in [6.07, 6.45) is 0.821. The molecule has 4 rings (SSSR count). The Bertz CT molecular complexity index is 1100. The minimum absolute atomic E-state index is 0.0773. The van der Waals surface area contributed by atoms with E-state index in [1.807, 2.05) is 62.3 Å². The van der Waals surface area contributed by atoms with E-state index in [-0.39, 0.29) is 17.4 Å². The van der Waals surface area contributed by atoms with Crippen molar-refractivity contribution in [3.63, 3.8) is 0 Å². The van der Waals surface area contributed by atoms with Crippen LogP contribution in [0.25, 0.3) is 5.76 Å². The van der Waals surface area contributed by atoms with Crippen LogP contribution < -0.4 is 4.74 Å². The van der Waals surface area contributed by atoms with Crippen LogP contribution in [-0.4, -0.2) is 59.9 Å². The summed E-state index contributed by atoms with van der Waals surface area (Å²) in [6.45, 7) is 7.24. The number of hydrogen-bond acceptors (Lipinski definition) is 5. The molecule has 2 aromatic rings. The SMILES string of the molecule is CC1Cc2cc(C(O)=C3C(=O)C(=O)N(CCN(C)C)C3c3ccc(C(C)C)cc3)ccc2O1. The number of benzene rings is 2. The Morgan fingerprint density at radius 1 is 1.15 bits per heavy atom. The number of rotatable bonds is 6. The van der Waals surface area contributed by atoms with E-state index in [1.54, 1.807) is 11.0 Å². The largest absolute Gasteiger partial charge is 0.507 e. The molecule has 33 heavy (non-hydrogen) atoms. The van der Waals surface area contributed by atoms with Gasteiger partial charge in [-0.05, 0) is 61.8 Å². The molecule has 1 amide bonds. The van der Waals surface area contributed by atoms with E-state index in [0.717, 1.165) is 23.3 Å². The molecule has 174 valence electrons. The van der Waals surface area contributed by atoms with E-state index >= 15 is 0 Å². The standard InChI is InChI=1S/C27H32N2O4/c1-16(2)18-6-8-19(9-7-18)24-23(26(31)27(32)29(24)13-12-28(4)5)25(30)20-10-11-22-21(15-20)14-17(3)33-22/h6-11,15-17,24,30H,12-14H2,1-5H3. The molecule has 0 spiro atoms. The highest BCUT2D eigenvalue weighted by Crippen LogP contribution is 2.40. The summed E-state index contributed by atoms with van der Waals surface area (Å²) >= 11 is 0. The molecule has 2 heterocycles. The van der Waals surface area contributed by atoms with E-state index in [0.29, 0.717) is 24.6 Å². The molecule has 0 bridgehead atoms. The topological polar surface area (TPSA) is 70.1 Å². The molecule has 1 fully saturated rings. The summed E-state index contributed by atoms with van der Waals surface area (Å²) in [7, 11) is 3.85. The number of likely N-dealkylation sites (tertiary alicyclic amines) is 1. The number of fused-ring (bicyclic) bond motifs is 1. The smallest absolute Gasteiger partial charge is 0.295 e. The summed E-state index contributed by atoms with van der Waals surface area (Å²) < 4.78 is 5.77. The minimum atomic E-state index is -0.644. The van der Waals surface area contributed by atoms with Crippen LogP contribution in [0.5, 0.6) is 5.75 Å². The number of Topliss-reactive ketones (excluding diaryl/α,β-unsaturated/α-hetero) is 1. The van der Waals surface area contributed by atoms with Gasteiger partial charge in [0.05, 0.1) is 11.6 Å². The van der Waals surface area contributed by atoms with E-state index in [9.17, 15) is 14.7 Å².